The fourth-order valence-corrected chi connectivity index (χ4v) is 3.41. The second-order valence-electron chi connectivity index (χ2n) is 6.45. The van der Waals surface area contributed by atoms with E-state index in [0.717, 1.165) is 25.2 Å². The van der Waals surface area contributed by atoms with Gasteiger partial charge < -0.3 is 9.84 Å². The number of carbonyl (C=O) groups excluding carboxylic acids is 1. The molecule has 1 aromatic heterocycles. The van der Waals surface area contributed by atoms with Gasteiger partial charge in [0.2, 0.25) is 0 Å². The van der Waals surface area contributed by atoms with E-state index in [0.29, 0.717) is 23.8 Å². The monoisotopic (exact) mass is 327 g/mol. The first-order valence-electron chi connectivity index (χ1n) is 8.65. The maximum Gasteiger partial charge on any atom is 0.257 e. The van der Waals surface area contributed by atoms with E-state index >= 15 is 0 Å². The third kappa shape index (κ3) is 3.36. The first kappa shape index (κ1) is 16.7. The van der Waals surface area contributed by atoms with Crippen LogP contribution >= 0.6 is 0 Å². The van der Waals surface area contributed by atoms with Crippen molar-refractivity contribution < 1.29 is 9.32 Å². The Labute approximate surface area is 143 Å². The summed E-state index contributed by atoms with van der Waals surface area (Å²) in [6, 6.07) is 11.0. The van der Waals surface area contributed by atoms with Crippen LogP contribution in [0.25, 0.3) is 0 Å². The van der Waals surface area contributed by atoms with E-state index < -0.39 is 0 Å². The number of aryl methyl sites for hydroxylation is 2. The smallest absolute Gasteiger partial charge is 0.257 e. The Bertz CT molecular complexity index is 696. The molecule has 1 fully saturated rings. The molecule has 1 aliphatic rings. The zero-order valence-corrected chi connectivity index (χ0v) is 14.6. The average Bonchev–Trinajstić information content (AvgIpc) is 3.21. The van der Waals surface area contributed by atoms with Gasteiger partial charge in [-0.05, 0) is 32.3 Å². The van der Waals surface area contributed by atoms with Crippen LogP contribution < -0.4 is 5.32 Å². The molecule has 1 N–H and O–H groups in total. The Hall–Kier alpha value is -2.14. The number of nitrogens with zero attached hydrogens (tertiary/aromatic N) is 2. The summed E-state index contributed by atoms with van der Waals surface area (Å²) in [6.45, 7) is 7.85. The van der Waals surface area contributed by atoms with E-state index in [-0.39, 0.29) is 11.9 Å². The molecule has 1 saturated heterocycles. The topological polar surface area (TPSA) is 58.4 Å². The maximum atomic E-state index is 12.6. The number of likely N-dealkylation sites (tertiary alicyclic amines) is 1. The molecule has 0 bridgehead atoms. The van der Waals surface area contributed by atoms with E-state index in [2.05, 4.69) is 46.6 Å². The Morgan fingerprint density at radius 1 is 1.42 bits per heavy atom. The molecule has 1 amide bonds. The van der Waals surface area contributed by atoms with Gasteiger partial charge in [0.1, 0.15) is 11.3 Å². The average molecular weight is 327 g/mol. The number of hydrogen-bond acceptors (Lipinski definition) is 4. The summed E-state index contributed by atoms with van der Waals surface area (Å²) in [4.78, 5) is 15.0. The van der Waals surface area contributed by atoms with Crippen LogP contribution in [0.3, 0.4) is 0 Å². The highest BCUT2D eigenvalue weighted by molar-refractivity contribution is 5.96. The van der Waals surface area contributed by atoms with E-state index in [1.54, 1.807) is 6.92 Å². The lowest BCUT2D eigenvalue weighted by Gasteiger charge is -2.24. The molecule has 5 heteroatoms. The number of benzene rings is 1. The van der Waals surface area contributed by atoms with Crippen molar-refractivity contribution in [3.05, 3.63) is 52.9 Å². The predicted octanol–water partition coefficient (Wildman–Crippen LogP) is 3.11. The molecule has 24 heavy (non-hydrogen) atoms. The minimum atomic E-state index is -0.0650. The molecule has 2 atom stereocenters. The molecule has 0 aliphatic carbocycles. The van der Waals surface area contributed by atoms with Crippen molar-refractivity contribution in [1.29, 1.82) is 0 Å². The third-order valence-corrected chi connectivity index (χ3v) is 4.88. The first-order valence-corrected chi connectivity index (χ1v) is 8.65. The number of hydrogen-bond donors (Lipinski definition) is 1. The van der Waals surface area contributed by atoms with Gasteiger partial charge in [0.15, 0.2) is 0 Å². The summed E-state index contributed by atoms with van der Waals surface area (Å²) in [5.74, 6) is 0.529. The molecule has 0 radical (unpaired) electrons. The van der Waals surface area contributed by atoms with Crippen molar-refractivity contribution >= 4 is 5.91 Å². The van der Waals surface area contributed by atoms with Crippen molar-refractivity contribution in [3.63, 3.8) is 0 Å². The molecule has 2 heterocycles. The molecule has 2 aromatic rings. The van der Waals surface area contributed by atoms with Crippen LogP contribution in [0, 0.1) is 6.92 Å². The minimum absolute atomic E-state index is 0.0650. The normalized spacial score (nSPS) is 19.4. The van der Waals surface area contributed by atoms with E-state index in [1.807, 2.05) is 13.0 Å². The Morgan fingerprint density at radius 3 is 2.88 bits per heavy atom. The molecule has 5 nitrogen and oxygen atoms in total. The summed E-state index contributed by atoms with van der Waals surface area (Å²) >= 11 is 0. The lowest BCUT2D eigenvalue weighted by atomic mass is 10.1. The molecule has 1 aromatic carbocycles. The Morgan fingerprint density at radius 2 is 2.17 bits per heavy atom. The molecule has 1 aliphatic heterocycles. The quantitative estimate of drug-likeness (QED) is 0.917. The molecule has 0 saturated carbocycles. The predicted molar refractivity (Wildman–Crippen MR) is 92.9 cm³/mol. The van der Waals surface area contributed by atoms with Crippen LogP contribution in [0.15, 0.2) is 34.9 Å². The SMILES string of the molecule is CCc1noc(C)c1C(=O)N[C@H]1CCN([C@@H](C)c2ccccc2)C1. The fourth-order valence-electron chi connectivity index (χ4n) is 3.41. The van der Waals surface area contributed by atoms with Crippen LogP contribution in [0.2, 0.25) is 0 Å². The largest absolute Gasteiger partial charge is 0.361 e. The molecule has 0 spiro atoms. The van der Waals surface area contributed by atoms with E-state index in [4.69, 9.17) is 4.52 Å². The zero-order valence-electron chi connectivity index (χ0n) is 14.6. The molecular weight excluding hydrogens is 302 g/mol. The van der Waals surface area contributed by atoms with Gasteiger partial charge in [0, 0.05) is 25.2 Å². The highest BCUT2D eigenvalue weighted by Crippen LogP contribution is 2.25. The summed E-state index contributed by atoms with van der Waals surface area (Å²) in [7, 11) is 0. The van der Waals surface area contributed by atoms with Gasteiger partial charge in [-0.25, -0.2) is 0 Å². The molecular formula is C19H25N3O2. The van der Waals surface area contributed by atoms with Gasteiger partial charge in [-0.1, -0.05) is 42.4 Å². The minimum Gasteiger partial charge on any atom is -0.361 e. The number of aromatic nitrogens is 1. The Balaban J connectivity index is 1.62. The van der Waals surface area contributed by atoms with Crippen molar-refractivity contribution in [2.45, 2.75) is 45.7 Å². The van der Waals surface area contributed by atoms with Crippen molar-refractivity contribution in [3.8, 4) is 0 Å². The molecule has 3 rings (SSSR count). The van der Waals surface area contributed by atoms with Crippen molar-refractivity contribution in [2.75, 3.05) is 13.1 Å². The Kier molecular flexibility index (Phi) is 5.00. The number of nitrogens with one attached hydrogen (secondary N) is 1. The van der Waals surface area contributed by atoms with Crippen LogP contribution in [0.1, 0.15) is 53.7 Å². The standard InChI is InChI=1S/C19H25N3O2/c1-4-17-18(14(3)24-21-17)19(23)20-16-10-11-22(12-16)13(2)15-8-6-5-7-9-15/h5-9,13,16H,4,10-12H2,1-3H3,(H,20,23)/t13-,16-/m0/s1. The van der Waals surface area contributed by atoms with Crippen LogP contribution in [-0.2, 0) is 6.42 Å². The zero-order chi connectivity index (χ0) is 17.1. The summed E-state index contributed by atoms with van der Waals surface area (Å²) in [5.41, 5.74) is 2.65. The van der Waals surface area contributed by atoms with Gasteiger partial charge in [0.25, 0.3) is 5.91 Å². The second-order valence-corrected chi connectivity index (χ2v) is 6.45. The third-order valence-electron chi connectivity index (χ3n) is 4.88. The maximum absolute atomic E-state index is 12.6. The number of rotatable bonds is 5. The van der Waals surface area contributed by atoms with E-state index in [9.17, 15) is 4.79 Å². The van der Waals surface area contributed by atoms with Crippen molar-refractivity contribution in [1.82, 2.24) is 15.4 Å². The second kappa shape index (κ2) is 7.18. The summed E-state index contributed by atoms with van der Waals surface area (Å²) < 4.78 is 5.17. The summed E-state index contributed by atoms with van der Waals surface area (Å²) in [5, 5.41) is 7.12. The van der Waals surface area contributed by atoms with Gasteiger partial charge in [-0.3, -0.25) is 9.69 Å². The highest BCUT2D eigenvalue weighted by Gasteiger charge is 2.29. The first-order chi connectivity index (χ1) is 11.6. The lowest BCUT2D eigenvalue weighted by molar-refractivity contribution is 0.0934. The van der Waals surface area contributed by atoms with Crippen molar-refractivity contribution in [2.24, 2.45) is 0 Å². The highest BCUT2D eigenvalue weighted by atomic mass is 16.5. The van der Waals surface area contributed by atoms with Gasteiger partial charge in [-0.15, -0.1) is 0 Å². The van der Waals surface area contributed by atoms with Gasteiger partial charge in [-0.2, -0.15) is 0 Å². The van der Waals surface area contributed by atoms with E-state index in [1.165, 1.54) is 5.56 Å². The van der Waals surface area contributed by atoms with Gasteiger partial charge in [0.05, 0.1) is 5.69 Å². The van der Waals surface area contributed by atoms with Crippen LogP contribution in [0.4, 0.5) is 0 Å². The van der Waals surface area contributed by atoms with Gasteiger partial charge >= 0.3 is 0 Å². The molecule has 0 unspecified atom stereocenters. The lowest BCUT2D eigenvalue weighted by Crippen LogP contribution is -2.38. The van der Waals surface area contributed by atoms with Crippen LogP contribution in [0.5, 0.6) is 0 Å². The fraction of sp³-hybridized carbons (Fsp3) is 0.474. The van der Waals surface area contributed by atoms with Crippen LogP contribution in [-0.4, -0.2) is 35.1 Å². The number of carbonyl (C=O) groups is 1. The molecule has 128 valence electrons. The summed E-state index contributed by atoms with van der Waals surface area (Å²) in [6.07, 6.45) is 1.66. The number of amides is 1.